The molecule has 68 valence electrons. The molecule has 1 fully saturated rings. The van der Waals surface area contributed by atoms with Gasteiger partial charge in [0.25, 0.3) is 0 Å². The lowest BCUT2D eigenvalue weighted by Crippen LogP contribution is -2.41. The second-order valence-electron chi connectivity index (χ2n) is 3.60. The van der Waals surface area contributed by atoms with Crippen molar-refractivity contribution < 1.29 is 4.79 Å². The number of hydrogen-bond acceptors (Lipinski definition) is 2. The molecule has 0 aromatic rings. The molecule has 2 heterocycles. The average Bonchev–Trinajstić information content (AvgIpc) is 2.60. The number of hydrogen-bond donors (Lipinski definition) is 3. The lowest BCUT2D eigenvalue weighted by atomic mass is 9.97. The van der Waals surface area contributed by atoms with Gasteiger partial charge < -0.3 is 10.6 Å². The van der Waals surface area contributed by atoms with Crippen LogP contribution in [-0.4, -0.2) is 18.2 Å². The highest BCUT2D eigenvalue weighted by Crippen LogP contribution is 2.28. The zero-order chi connectivity index (χ0) is 8.84. The monoisotopic (exact) mass is 177 g/mol. The van der Waals surface area contributed by atoms with Crippen molar-refractivity contribution in [2.75, 3.05) is 0 Å². The number of allylic oxidation sites excluding steroid dienone is 1. The van der Waals surface area contributed by atoms with Gasteiger partial charge in [-0.1, -0.05) is 12.2 Å². The van der Waals surface area contributed by atoms with Gasteiger partial charge in [0.15, 0.2) is 0 Å². The van der Waals surface area contributed by atoms with Crippen molar-refractivity contribution in [2.45, 2.75) is 25.0 Å². The Balaban J connectivity index is 2.03. The van der Waals surface area contributed by atoms with Crippen LogP contribution >= 0.6 is 0 Å². The summed E-state index contributed by atoms with van der Waals surface area (Å²) < 4.78 is 0. The topological polar surface area (TPSA) is 53.2 Å². The summed E-state index contributed by atoms with van der Waals surface area (Å²) in [5.41, 5.74) is 2.26. The Morgan fingerprint density at radius 1 is 1.46 bits per heavy atom. The number of urea groups is 1. The quantitative estimate of drug-likeness (QED) is 0.495. The van der Waals surface area contributed by atoms with E-state index in [-0.39, 0.29) is 12.2 Å². The van der Waals surface area contributed by atoms with Crippen molar-refractivity contribution in [3.05, 3.63) is 23.4 Å². The van der Waals surface area contributed by atoms with Gasteiger partial charge in [-0.25, -0.2) is 4.79 Å². The second kappa shape index (κ2) is 2.35. The molecule has 2 atom stereocenters. The van der Waals surface area contributed by atoms with Gasteiger partial charge in [-0.2, -0.15) is 0 Å². The van der Waals surface area contributed by atoms with Gasteiger partial charge in [-0.05, 0) is 18.4 Å². The van der Waals surface area contributed by atoms with Crippen LogP contribution in [0.4, 0.5) is 4.79 Å². The summed E-state index contributed by atoms with van der Waals surface area (Å²) in [6.45, 7) is 0. The predicted octanol–water partition coefficient (Wildman–Crippen LogP) is 0.201. The van der Waals surface area contributed by atoms with E-state index in [1.165, 1.54) is 5.57 Å². The minimum absolute atomic E-state index is 0.0234. The predicted molar refractivity (Wildman–Crippen MR) is 47.8 cm³/mol. The van der Waals surface area contributed by atoms with Crippen LogP contribution in [0.25, 0.3) is 0 Å². The molecule has 3 rings (SSSR count). The van der Waals surface area contributed by atoms with E-state index in [0.717, 1.165) is 18.5 Å². The summed E-state index contributed by atoms with van der Waals surface area (Å²) in [6, 6.07) is 0.329. The lowest BCUT2D eigenvalue weighted by molar-refractivity contribution is 0.246. The molecular weight excluding hydrogens is 166 g/mol. The molecule has 3 N–H and O–H groups in total. The molecule has 0 radical (unpaired) electrons. The molecule has 4 heteroatoms. The van der Waals surface area contributed by atoms with Crippen LogP contribution < -0.4 is 16.0 Å². The second-order valence-corrected chi connectivity index (χ2v) is 3.60. The maximum Gasteiger partial charge on any atom is 0.320 e. The van der Waals surface area contributed by atoms with Crippen molar-refractivity contribution in [3.63, 3.8) is 0 Å². The fourth-order valence-corrected chi connectivity index (χ4v) is 2.19. The molecule has 13 heavy (non-hydrogen) atoms. The molecule has 2 aliphatic heterocycles. The van der Waals surface area contributed by atoms with Crippen LogP contribution in [0.1, 0.15) is 12.8 Å². The number of rotatable bonds is 0. The molecular formula is C9H11N3O. The first-order valence-corrected chi connectivity index (χ1v) is 4.59. The molecule has 2 unspecified atom stereocenters. The van der Waals surface area contributed by atoms with E-state index in [1.807, 2.05) is 0 Å². The summed E-state index contributed by atoms with van der Waals surface area (Å²) in [5.74, 6) is 0. The van der Waals surface area contributed by atoms with Crippen molar-refractivity contribution in [1.82, 2.24) is 16.0 Å². The molecule has 0 saturated carbocycles. The van der Waals surface area contributed by atoms with Crippen LogP contribution in [0, 0.1) is 0 Å². The van der Waals surface area contributed by atoms with Crippen molar-refractivity contribution in [2.24, 2.45) is 0 Å². The molecule has 0 aromatic carbocycles. The van der Waals surface area contributed by atoms with E-state index in [4.69, 9.17) is 0 Å². The van der Waals surface area contributed by atoms with E-state index in [2.05, 4.69) is 28.1 Å². The smallest absolute Gasteiger partial charge is 0.317 e. The zero-order valence-corrected chi connectivity index (χ0v) is 7.13. The molecule has 1 aliphatic carbocycles. The van der Waals surface area contributed by atoms with Crippen molar-refractivity contribution in [3.8, 4) is 0 Å². The molecule has 0 aromatic heterocycles. The molecule has 2 amide bonds. The third-order valence-corrected chi connectivity index (χ3v) is 2.79. The molecule has 4 nitrogen and oxygen atoms in total. The number of carbonyl (C=O) groups excluding carboxylic acids is 1. The molecule has 3 aliphatic rings. The first-order valence-electron chi connectivity index (χ1n) is 4.59. The first-order chi connectivity index (χ1) is 6.34. The maximum atomic E-state index is 11.0. The van der Waals surface area contributed by atoms with Crippen LogP contribution in [0.3, 0.4) is 0 Å². The van der Waals surface area contributed by atoms with E-state index in [0.29, 0.717) is 6.04 Å². The Morgan fingerprint density at radius 2 is 2.38 bits per heavy atom. The van der Waals surface area contributed by atoms with Crippen LogP contribution in [0.5, 0.6) is 0 Å². The normalized spacial score (nSPS) is 35.5. The third-order valence-electron chi connectivity index (χ3n) is 2.79. The Kier molecular flexibility index (Phi) is 1.29. The largest absolute Gasteiger partial charge is 0.320 e. The third kappa shape index (κ3) is 0.920. The Bertz CT molecular complexity index is 332. The van der Waals surface area contributed by atoms with Crippen LogP contribution in [0.2, 0.25) is 0 Å². The fourth-order valence-electron chi connectivity index (χ4n) is 2.19. The van der Waals surface area contributed by atoms with Crippen LogP contribution in [0.15, 0.2) is 23.4 Å². The Morgan fingerprint density at radius 3 is 3.31 bits per heavy atom. The van der Waals surface area contributed by atoms with Gasteiger partial charge in [0, 0.05) is 6.04 Å². The minimum atomic E-state index is -0.0996. The van der Waals surface area contributed by atoms with Gasteiger partial charge >= 0.3 is 6.03 Å². The first kappa shape index (κ1) is 7.15. The Hall–Kier alpha value is -1.29. The van der Waals surface area contributed by atoms with Gasteiger partial charge in [-0.15, -0.1) is 0 Å². The van der Waals surface area contributed by atoms with E-state index >= 15 is 0 Å². The lowest BCUT2D eigenvalue weighted by Gasteiger charge is -2.17. The van der Waals surface area contributed by atoms with Crippen LogP contribution in [-0.2, 0) is 0 Å². The Labute approximate surface area is 76.1 Å². The van der Waals surface area contributed by atoms with Gasteiger partial charge in [0.05, 0.1) is 5.70 Å². The fraction of sp³-hybridized carbons (Fsp3) is 0.444. The summed E-state index contributed by atoms with van der Waals surface area (Å²) in [5, 5.41) is 9.02. The average molecular weight is 177 g/mol. The van der Waals surface area contributed by atoms with E-state index in [9.17, 15) is 4.79 Å². The van der Waals surface area contributed by atoms with Crippen molar-refractivity contribution in [1.29, 1.82) is 0 Å². The highest BCUT2D eigenvalue weighted by molar-refractivity contribution is 5.81. The van der Waals surface area contributed by atoms with Crippen molar-refractivity contribution >= 4 is 6.03 Å². The van der Waals surface area contributed by atoms with Gasteiger partial charge in [0.1, 0.15) is 6.17 Å². The summed E-state index contributed by atoms with van der Waals surface area (Å²) >= 11 is 0. The zero-order valence-electron chi connectivity index (χ0n) is 7.13. The maximum absolute atomic E-state index is 11.0. The number of fused-ring (bicyclic) bond motifs is 2. The highest BCUT2D eigenvalue weighted by atomic mass is 16.2. The minimum Gasteiger partial charge on any atom is -0.317 e. The standard InChI is InChI=1S/C9H11N3O/c13-9-11-7-5-3-1-2-4-6(5)10-8(7)12-9/h1,3,6,8,10H,2,4H2,(H2,11,12,13). The number of amides is 2. The number of nitrogens with one attached hydrogen (secondary N) is 3. The summed E-state index contributed by atoms with van der Waals surface area (Å²) in [7, 11) is 0. The molecule has 0 bridgehead atoms. The highest BCUT2D eigenvalue weighted by Gasteiger charge is 2.38. The van der Waals surface area contributed by atoms with Gasteiger partial charge in [0.2, 0.25) is 0 Å². The van der Waals surface area contributed by atoms with E-state index in [1.54, 1.807) is 0 Å². The SMILES string of the molecule is O=C1NC2=C3C=CCCC3NC2N1. The summed E-state index contributed by atoms with van der Waals surface area (Å²) in [6.07, 6.45) is 6.55. The summed E-state index contributed by atoms with van der Waals surface area (Å²) in [4.78, 5) is 11.0. The number of carbonyl (C=O) groups is 1. The molecule has 1 saturated heterocycles. The molecule has 0 spiro atoms. The van der Waals surface area contributed by atoms with Gasteiger partial charge in [-0.3, -0.25) is 5.32 Å². The van der Waals surface area contributed by atoms with E-state index < -0.39 is 0 Å².